The van der Waals surface area contributed by atoms with Gasteiger partial charge in [0.1, 0.15) is 17.8 Å². The average Bonchev–Trinajstić information content (AvgIpc) is 3.53. The number of aryl methyl sites for hydroxylation is 2. The summed E-state index contributed by atoms with van der Waals surface area (Å²) in [5.41, 5.74) is 2.25. The number of nitro groups is 1. The first-order valence-corrected chi connectivity index (χ1v) is 10.9. The third kappa shape index (κ3) is 4.87. The first-order chi connectivity index (χ1) is 16.4. The Labute approximate surface area is 194 Å². The summed E-state index contributed by atoms with van der Waals surface area (Å²) in [6.45, 7) is 4.94. The molecule has 11 heteroatoms. The number of anilines is 1. The first-order valence-electron chi connectivity index (χ1n) is 10.9. The fraction of sp³-hybridized carbons (Fsp3) is 0.304. The van der Waals surface area contributed by atoms with Crippen molar-refractivity contribution in [2.75, 3.05) is 11.9 Å². The highest BCUT2D eigenvalue weighted by Gasteiger charge is 2.23. The van der Waals surface area contributed by atoms with Crippen LogP contribution < -0.4 is 14.8 Å². The maximum absolute atomic E-state index is 11.2. The Balaban J connectivity index is 1.38. The van der Waals surface area contributed by atoms with Crippen LogP contribution in [0.3, 0.4) is 0 Å². The van der Waals surface area contributed by atoms with Crippen LogP contribution in [0.1, 0.15) is 29.9 Å². The van der Waals surface area contributed by atoms with Crippen LogP contribution in [-0.2, 0) is 6.54 Å². The van der Waals surface area contributed by atoms with Crippen LogP contribution in [0.5, 0.6) is 17.4 Å². The van der Waals surface area contributed by atoms with Crippen molar-refractivity contribution in [1.29, 1.82) is 0 Å². The Morgan fingerprint density at radius 2 is 2.00 bits per heavy atom. The highest BCUT2D eigenvalue weighted by Crippen LogP contribution is 2.35. The molecule has 0 atom stereocenters. The smallest absolute Gasteiger partial charge is 0.368 e. The van der Waals surface area contributed by atoms with Gasteiger partial charge in [-0.05, 0) is 60.3 Å². The second kappa shape index (κ2) is 8.93. The molecule has 1 aliphatic rings. The molecule has 0 spiro atoms. The second-order valence-electron chi connectivity index (χ2n) is 8.25. The molecule has 0 unspecified atom stereocenters. The Morgan fingerprint density at radius 1 is 1.15 bits per heavy atom. The largest absolute Gasteiger partial charge is 0.489 e. The molecule has 0 saturated heterocycles. The standard InChI is InChI=1S/C23H23N7O4/c1-14-9-20(27-15(2)26-14)24-11-17-5-6-18(19(10-17)33-13-16-3-4-16)34-22-8-7-21-25-12-23(30(31)32)29(21)28-22/h5-10,12,16H,3-4,11,13H2,1-2H3,(H,24,26,27). The fourth-order valence-corrected chi connectivity index (χ4v) is 3.49. The highest BCUT2D eigenvalue weighted by molar-refractivity contribution is 5.48. The van der Waals surface area contributed by atoms with Crippen LogP contribution in [0.2, 0.25) is 0 Å². The first kappa shape index (κ1) is 21.6. The number of benzene rings is 1. The van der Waals surface area contributed by atoms with Crippen LogP contribution in [0.25, 0.3) is 5.65 Å². The van der Waals surface area contributed by atoms with E-state index in [1.165, 1.54) is 6.20 Å². The quantitative estimate of drug-likeness (QED) is 0.287. The third-order valence-electron chi connectivity index (χ3n) is 5.34. The van der Waals surface area contributed by atoms with Crippen molar-refractivity contribution in [3.8, 4) is 17.4 Å². The molecule has 1 N–H and O–H groups in total. The van der Waals surface area contributed by atoms with Gasteiger partial charge in [-0.2, -0.15) is 0 Å². The number of aromatic nitrogens is 5. The van der Waals surface area contributed by atoms with Crippen molar-refractivity contribution >= 4 is 17.3 Å². The van der Waals surface area contributed by atoms with Crippen molar-refractivity contribution in [3.05, 3.63) is 69.8 Å². The van der Waals surface area contributed by atoms with Gasteiger partial charge in [0, 0.05) is 30.4 Å². The SMILES string of the molecule is Cc1cc(NCc2ccc(Oc3ccc4ncc([N+](=O)[O-])n4n3)c(OCC3CC3)c2)nc(C)n1. The molecule has 3 heterocycles. The van der Waals surface area contributed by atoms with Gasteiger partial charge in [0.05, 0.1) is 6.61 Å². The Bertz CT molecular complexity index is 1350. The normalized spacial score (nSPS) is 13.1. The molecule has 1 aromatic carbocycles. The molecule has 34 heavy (non-hydrogen) atoms. The van der Waals surface area contributed by atoms with E-state index in [0.29, 0.717) is 42.0 Å². The van der Waals surface area contributed by atoms with Gasteiger partial charge in [-0.1, -0.05) is 10.6 Å². The van der Waals surface area contributed by atoms with Crippen molar-refractivity contribution in [2.24, 2.45) is 5.92 Å². The van der Waals surface area contributed by atoms with Gasteiger partial charge in [-0.25, -0.2) is 15.0 Å². The summed E-state index contributed by atoms with van der Waals surface area (Å²) in [6, 6.07) is 10.8. The molecule has 1 saturated carbocycles. The number of ether oxygens (including phenoxy) is 2. The topological polar surface area (TPSA) is 130 Å². The van der Waals surface area contributed by atoms with Crippen molar-refractivity contribution < 1.29 is 14.4 Å². The third-order valence-corrected chi connectivity index (χ3v) is 5.34. The summed E-state index contributed by atoms with van der Waals surface area (Å²) in [6.07, 6.45) is 3.48. The maximum Gasteiger partial charge on any atom is 0.368 e. The van der Waals surface area contributed by atoms with E-state index in [0.717, 1.165) is 34.4 Å². The van der Waals surface area contributed by atoms with Crippen molar-refractivity contribution in [2.45, 2.75) is 33.2 Å². The second-order valence-corrected chi connectivity index (χ2v) is 8.25. The van der Waals surface area contributed by atoms with E-state index in [1.54, 1.807) is 12.1 Å². The lowest BCUT2D eigenvalue weighted by atomic mass is 10.2. The predicted octanol–water partition coefficient (Wildman–Crippen LogP) is 4.24. The maximum atomic E-state index is 11.2. The zero-order chi connectivity index (χ0) is 23.7. The fourth-order valence-electron chi connectivity index (χ4n) is 3.49. The molecule has 5 rings (SSSR count). The number of imidazole rings is 1. The summed E-state index contributed by atoms with van der Waals surface area (Å²) in [4.78, 5) is 23.4. The number of fused-ring (bicyclic) bond motifs is 1. The van der Waals surface area contributed by atoms with E-state index in [2.05, 4.69) is 25.4 Å². The van der Waals surface area contributed by atoms with E-state index >= 15 is 0 Å². The minimum absolute atomic E-state index is 0.197. The highest BCUT2D eigenvalue weighted by atomic mass is 16.6. The van der Waals surface area contributed by atoms with Gasteiger partial charge in [0.15, 0.2) is 11.5 Å². The summed E-state index contributed by atoms with van der Waals surface area (Å²) < 4.78 is 13.2. The molecule has 0 radical (unpaired) electrons. The monoisotopic (exact) mass is 461 g/mol. The molecule has 174 valence electrons. The van der Waals surface area contributed by atoms with Crippen LogP contribution >= 0.6 is 0 Å². The number of rotatable bonds is 9. The summed E-state index contributed by atoms with van der Waals surface area (Å²) in [7, 11) is 0. The van der Waals surface area contributed by atoms with Crippen LogP contribution in [0.4, 0.5) is 11.6 Å². The molecule has 0 bridgehead atoms. The van der Waals surface area contributed by atoms with Crippen molar-refractivity contribution in [1.82, 2.24) is 24.6 Å². The van der Waals surface area contributed by atoms with E-state index in [-0.39, 0.29) is 11.7 Å². The zero-order valence-electron chi connectivity index (χ0n) is 18.8. The summed E-state index contributed by atoms with van der Waals surface area (Å²) in [5, 5.41) is 18.8. The molecule has 11 nitrogen and oxygen atoms in total. The Kier molecular flexibility index (Phi) is 5.66. The number of nitrogens with zero attached hydrogens (tertiary/aromatic N) is 6. The molecule has 0 aliphatic heterocycles. The van der Waals surface area contributed by atoms with Crippen LogP contribution in [0.15, 0.2) is 42.6 Å². The van der Waals surface area contributed by atoms with Gasteiger partial charge >= 0.3 is 5.82 Å². The number of hydrogen-bond donors (Lipinski definition) is 1. The Morgan fingerprint density at radius 3 is 2.76 bits per heavy atom. The van der Waals surface area contributed by atoms with Crippen LogP contribution in [-0.4, -0.2) is 36.1 Å². The molecule has 1 fully saturated rings. The lowest BCUT2D eigenvalue weighted by Crippen LogP contribution is -2.06. The lowest BCUT2D eigenvalue weighted by molar-refractivity contribution is -0.391. The van der Waals surface area contributed by atoms with Gasteiger partial charge in [-0.3, -0.25) is 0 Å². The molecular formula is C23H23N7O4. The number of hydrogen-bond acceptors (Lipinski definition) is 9. The van der Waals surface area contributed by atoms with Crippen molar-refractivity contribution in [3.63, 3.8) is 0 Å². The van der Waals surface area contributed by atoms with Gasteiger partial charge in [-0.15, -0.1) is 0 Å². The molecule has 4 aromatic rings. The van der Waals surface area contributed by atoms with Gasteiger partial charge in [0.2, 0.25) is 5.65 Å². The zero-order valence-corrected chi connectivity index (χ0v) is 18.8. The minimum atomic E-state index is -0.538. The Hall–Kier alpha value is -4.28. The molecule has 0 amide bonds. The number of nitrogens with one attached hydrogen (secondary N) is 1. The molecule has 3 aromatic heterocycles. The van der Waals surface area contributed by atoms with E-state index < -0.39 is 4.92 Å². The summed E-state index contributed by atoms with van der Waals surface area (Å²) in [5.74, 6) is 3.05. The molecular weight excluding hydrogens is 438 g/mol. The molecule has 1 aliphatic carbocycles. The average molecular weight is 461 g/mol. The predicted molar refractivity (Wildman–Crippen MR) is 123 cm³/mol. The van der Waals surface area contributed by atoms with E-state index in [1.807, 2.05) is 38.1 Å². The summed E-state index contributed by atoms with van der Waals surface area (Å²) >= 11 is 0. The minimum Gasteiger partial charge on any atom is -0.489 e. The van der Waals surface area contributed by atoms with Gasteiger partial charge < -0.3 is 24.9 Å². The van der Waals surface area contributed by atoms with Crippen LogP contribution in [0, 0.1) is 29.9 Å². The van der Waals surface area contributed by atoms with E-state index in [4.69, 9.17) is 9.47 Å². The van der Waals surface area contributed by atoms with Gasteiger partial charge in [0.25, 0.3) is 5.88 Å². The van der Waals surface area contributed by atoms with E-state index in [9.17, 15) is 10.1 Å². The lowest BCUT2D eigenvalue weighted by Gasteiger charge is -2.14.